The minimum absolute atomic E-state index is 0.194. The smallest absolute Gasteiger partial charge is 0.182 e. The van der Waals surface area contributed by atoms with E-state index in [2.05, 4.69) is 4.98 Å². The van der Waals surface area contributed by atoms with Gasteiger partial charge >= 0.3 is 0 Å². The number of fused-ring (bicyclic) bond motifs is 1. The highest BCUT2D eigenvalue weighted by Crippen LogP contribution is 2.24. The number of imidazole rings is 1. The van der Waals surface area contributed by atoms with E-state index in [0.29, 0.717) is 20.8 Å². The Hall–Kier alpha value is -1.72. The molecule has 6 heteroatoms. The Morgan fingerprint density at radius 3 is 2.63 bits per heavy atom. The molecular formula is C13H7ClF2N2S. The zero-order valence-electron chi connectivity index (χ0n) is 9.45. The fraction of sp³-hybridized carbons (Fsp3) is 0. The number of benzene rings is 2. The number of nitrogens with zero attached hydrogens (tertiary/aromatic N) is 1. The first-order valence-electron chi connectivity index (χ1n) is 5.42. The molecule has 0 saturated heterocycles. The molecule has 0 aliphatic rings. The maximum atomic E-state index is 13.9. The van der Waals surface area contributed by atoms with E-state index in [4.69, 9.17) is 23.8 Å². The van der Waals surface area contributed by atoms with Crippen molar-refractivity contribution in [2.24, 2.45) is 0 Å². The molecule has 96 valence electrons. The van der Waals surface area contributed by atoms with Crippen molar-refractivity contribution in [1.29, 1.82) is 0 Å². The lowest BCUT2D eigenvalue weighted by molar-refractivity contribution is 0.578. The van der Waals surface area contributed by atoms with Crippen molar-refractivity contribution in [1.82, 2.24) is 9.55 Å². The van der Waals surface area contributed by atoms with Crippen LogP contribution in [0.4, 0.5) is 8.78 Å². The lowest BCUT2D eigenvalue weighted by atomic mass is 10.2. The highest BCUT2D eigenvalue weighted by Gasteiger charge is 2.11. The van der Waals surface area contributed by atoms with Crippen molar-refractivity contribution >= 4 is 34.9 Å². The Balaban J connectivity index is 2.36. The average Bonchev–Trinajstić information content (AvgIpc) is 2.65. The Bertz CT molecular complexity index is 838. The van der Waals surface area contributed by atoms with Crippen LogP contribution in [0.25, 0.3) is 16.7 Å². The summed E-state index contributed by atoms with van der Waals surface area (Å²) in [5.74, 6) is -1.30. The molecular weight excluding hydrogens is 290 g/mol. The average molecular weight is 297 g/mol. The van der Waals surface area contributed by atoms with E-state index >= 15 is 0 Å². The van der Waals surface area contributed by atoms with Crippen molar-refractivity contribution in [2.45, 2.75) is 0 Å². The molecule has 0 unspecified atom stereocenters. The van der Waals surface area contributed by atoms with Gasteiger partial charge in [-0.3, -0.25) is 4.57 Å². The van der Waals surface area contributed by atoms with Gasteiger partial charge in [-0.2, -0.15) is 0 Å². The summed E-state index contributed by atoms with van der Waals surface area (Å²) < 4.78 is 28.6. The van der Waals surface area contributed by atoms with E-state index in [0.717, 1.165) is 6.07 Å². The summed E-state index contributed by atoms with van der Waals surface area (Å²) in [7, 11) is 0. The number of H-pyrrole nitrogens is 1. The minimum atomic E-state index is -0.674. The molecule has 0 aliphatic carbocycles. The monoisotopic (exact) mass is 296 g/mol. The highest BCUT2D eigenvalue weighted by molar-refractivity contribution is 7.71. The molecule has 2 aromatic carbocycles. The summed E-state index contributed by atoms with van der Waals surface area (Å²) in [6, 6.07) is 8.48. The van der Waals surface area contributed by atoms with Crippen LogP contribution in [0, 0.1) is 16.4 Å². The van der Waals surface area contributed by atoms with Gasteiger partial charge < -0.3 is 4.98 Å². The van der Waals surface area contributed by atoms with E-state index in [1.807, 2.05) is 0 Å². The van der Waals surface area contributed by atoms with Gasteiger partial charge in [0.1, 0.15) is 11.6 Å². The summed E-state index contributed by atoms with van der Waals surface area (Å²) in [5, 5.41) is 0.551. The van der Waals surface area contributed by atoms with Gasteiger partial charge in [-0.15, -0.1) is 0 Å². The SMILES string of the molecule is Fc1ccc(-n2c(=S)[nH]c3cc(Cl)ccc32)c(F)c1. The van der Waals surface area contributed by atoms with Crippen LogP contribution >= 0.6 is 23.8 Å². The molecule has 0 atom stereocenters. The van der Waals surface area contributed by atoms with Crippen LogP contribution in [0.5, 0.6) is 0 Å². The van der Waals surface area contributed by atoms with Gasteiger partial charge in [-0.1, -0.05) is 11.6 Å². The Labute approximate surface area is 117 Å². The quantitative estimate of drug-likeness (QED) is 0.650. The summed E-state index contributed by atoms with van der Waals surface area (Å²) in [6.45, 7) is 0. The first-order chi connectivity index (χ1) is 9.06. The number of hydrogen-bond donors (Lipinski definition) is 1. The lowest BCUT2D eigenvalue weighted by Gasteiger charge is -2.06. The summed E-state index contributed by atoms with van der Waals surface area (Å²) in [5.41, 5.74) is 1.57. The molecule has 19 heavy (non-hydrogen) atoms. The second-order valence-corrected chi connectivity index (χ2v) is 4.85. The van der Waals surface area contributed by atoms with Crippen LogP contribution in [-0.4, -0.2) is 9.55 Å². The topological polar surface area (TPSA) is 20.7 Å². The molecule has 1 heterocycles. The third-order valence-corrected chi connectivity index (χ3v) is 3.31. The molecule has 0 fully saturated rings. The fourth-order valence-corrected chi connectivity index (χ4v) is 2.46. The van der Waals surface area contributed by atoms with E-state index in [1.54, 1.807) is 18.2 Å². The molecule has 0 spiro atoms. The number of hydrogen-bond acceptors (Lipinski definition) is 1. The van der Waals surface area contributed by atoms with Crippen molar-refractivity contribution in [3.63, 3.8) is 0 Å². The van der Waals surface area contributed by atoms with Gasteiger partial charge in [0.15, 0.2) is 4.77 Å². The van der Waals surface area contributed by atoms with Crippen molar-refractivity contribution in [2.75, 3.05) is 0 Å². The maximum absolute atomic E-state index is 13.9. The molecule has 3 rings (SSSR count). The Morgan fingerprint density at radius 1 is 1.11 bits per heavy atom. The van der Waals surface area contributed by atoms with Crippen LogP contribution in [0.3, 0.4) is 0 Å². The third kappa shape index (κ3) is 2.05. The molecule has 1 aromatic heterocycles. The van der Waals surface area contributed by atoms with Crippen LogP contribution < -0.4 is 0 Å². The summed E-state index contributed by atoms with van der Waals surface area (Å²) in [4.78, 5) is 2.94. The molecule has 0 radical (unpaired) electrons. The molecule has 0 amide bonds. The predicted molar refractivity (Wildman–Crippen MR) is 73.4 cm³/mol. The van der Waals surface area contributed by atoms with Crippen LogP contribution in [0.15, 0.2) is 36.4 Å². The zero-order valence-corrected chi connectivity index (χ0v) is 11.0. The summed E-state index contributed by atoms with van der Waals surface area (Å²) >= 11 is 11.1. The fourth-order valence-electron chi connectivity index (χ4n) is 1.99. The van der Waals surface area contributed by atoms with E-state index in [-0.39, 0.29) is 5.69 Å². The van der Waals surface area contributed by atoms with Crippen LogP contribution in [0.1, 0.15) is 0 Å². The van der Waals surface area contributed by atoms with E-state index < -0.39 is 11.6 Å². The molecule has 2 nitrogen and oxygen atoms in total. The van der Waals surface area contributed by atoms with E-state index in [9.17, 15) is 8.78 Å². The largest absolute Gasteiger partial charge is 0.330 e. The normalized spacial score (nSPS) is 11.1. The standard InChI is InChI=1S/C13H7ClF2N2S/c14-7-1-3-12-10(5-7)17-13(19)18(12)11-4-2-8(15)6-9(11)16/h1-6H,(H,17,19). The lowest BCUT2D eigenvalue weighted by Crippen LogP contribution is -1.98. The first kappa shape index (κ1) is 12.3. The maximum Gasteiger partial charge on any atom is 0.182 e. The molecule has 1 N–H and O–H groups in total. The van der Waals surface area contributed by atoms with Crippen LogP contribution in [-0.2, 0) is 0 Å². The zero-order chi connectivity index (χ0) is 13.6. The Morgan fingerprint density at radius 2 is 1.89 bits per heavy atom. The minimum Gasteiger partial charge on any atom is -0.330 e. The number of aromatic nitrogens is 2. The van der Waals surface area contributed by atoms with Crippen molar-refractivity contribution < 1.29 is 8.78 Å². The van der Waals surface area contributed by atoms with Crippen molar-refractivity contribution in [3.8, 4) is 5.69 Å². The number of rotatable bonds is 1. The number of aromatic amines is 1. The van der Waals surface area contributed by atoms with Gasteiger partial charge in [0, 0.05) is 11.1 Å². The number of halogens is 3. The second kappa shape index (κ2) is 4.43. The van der Waals surface area contributed by atoms with Gasteiger partial charge in [-0.05, 0) is 42.5 Å². The van der Waals surface area contributed by atoms with Gasteiger partial charge in [0.2, 0.25) is 0 Å². The molecule has 0 aliphatic heterocycles. The second-order valence-electron chi connectivity index (χ2n) is 4.02. The molecule has 0 saturated carbocycles. The van der Waals surface area contributed by atoms with Gasteiger partial charge in [-0.25, -0.2) is 8.78 Å². The predicted octanol–water partition coefficient (Wildman–Crippen LogP) is 4.62. The summed E-state index contributed by atoms with van der Waals surface area (Å²) in [6.07, 6.45) is 0. The molecule has 0 bridgehead atoms. The third-order valence-electron chi connectivity index (χ3n) is 2.79. The van der Waals surface area contributed by atoms with Crippen molar-refractivity contribution in [3.05, 3.63) is 57.8 Å². The number of nitrogens with one attached hydrogen (secondary N) is 1. The van der Waals surface area contributed by atoms with E-state index in [1.165, 1.54) is 16.7 Å². The van der Waals surface area contributed by atoms with Gasteiger partial charge in [0.05, 0.1) is 16.7 Å². The van der Waals surface area contributed by atoms with Gasteiger partial charge in [0.25, 0.3) is 0 Å². The molecule has 3 aromatic rings. The Kier molecular flexibility index (Phi) is 2.88. The van der Waals surface area contributed by atoms with Crippen LogP contribution in [0.2, 0.25) is 5.02 Å². The highest BCUT2D eigenvalue weighted by atomic mass is 35.5. The first-order valence-corrected chi connectivity index (χ1v) is 6.20.